The number of fused-ring (bicyclic) bond motifs is 1. The maximum absolute atomic E-state index is 13.4. The van der Waals surface area contributed by atoms with Crippen molar-refractivity contribution in [1.82, 2.24) is 13.9 Å². The van der Waals surface area contributed by atoms with Gasteiger partial charge in [0.15, 0.2) is 5.78 Å². The molecule has 0 amide bonds. The Labute approximate surface area is 187 Å². The number of aromatic nitrogens is 2. The average Bonchev–Trinajstić information content (AvgIpc) is 2.99. The molecule has 170 valence electrons. The van der Waals surface area contributed by atoms with Gasteiger partial charge in [0.1, 0.15) is 10.6 Å². The fourth-order valence-corrected chi connectivity index (χ4v) is 5.34. The summed E-state index contributed by atoms with van der Waals surface area (Å²) in [6, 6.07) is 7.42. The van der Waals surface area contributed by atoms with Crippen LogP contribution in [0.3, 0.4) is 0 Å². The standard InChI is InChI=1S/C23H27N3O5S/c1-7-31-23(28)21-14(2)19(15(3)25(21)5)22(27)16(4)26(6)32(29,30)18-12-8-10-17-11-9-13-24-20(17)18/h8-13,16H,7H2,1-6H3. The molecule has 0 N–H and O–H groups in total. The average molecular weight is 458 g/mol. The van der Waals surface area contributed by atoms with E-state index in [9.17, 15) is 18.0 Å². The summed E-state index contributed by atoms with van der Waals surface area (Å²) in [5, 5.41) is 0.690. The van der Waals surface area contributed by atoms with Crippen molar-refractivity contribution in [3.05, 3.63) is 59.0 Å². The van der Waals surface area contributed by atoms with E-state index >= 15 is 0 Å². The number of para-hydroxylation sites is 1. The highest BCUT2D eigenvalue weighted by atomic mass is 32.2. The monoisotopic (exact) mass is 457 g/mol. The molecule has 0 saturated carbocycles. The minimum atomic E-state index is -4.02. The van der Waals surface area contributed by atoms with E-state index < -0.39 is 27.8 Å². The van der Waals surface area contributed by atoms with Gasteiger partial charge >= 0.3 is 5.97 Å². The highest BCUT2D eigenvalue weighted by Gasteiger charge is 2.35. The first-order valence-electron chi connectivity index (χ1n) is 10.2. The first-order chi connectivity index (χ1) is 15.0. The quantitative estimate of drug-likeness (QED) is 0.399. The summed E-state index contributed by atoms with van der Waals surface area (Å²) >= 11 is 0. The van der Waals surface area contributed by atoms with Crippen LogP contribution in [0.25, 0.3) is 10.9 Å². The third-order valence-electron chi connectivity index (χ3n) is 5.82. The van der Waals surface area contributed by atoms with Gasteiger partial charge in [0.2, 0.25) is 10.0 Å². The van der Waals surface area contributed by atoms with Crippen molar-refractivity contribution in [2.75, 3.05) is 13.7 Å². The topological polar surface area (TPSA) is 98.6 Å². The minimum absolute atomic E-state index is 0.0338. The van der Waals surface area contributed by atoms with Crippen molar-refractivity contribution >= 4 is 32.7 Å². The van der Waals surface area contributed by atoms with Crippen LogP contribution in [-0.2, 0) is 21.8 Å². The number of benzene rings is 1. The number of sulfonamides is 1. The van der Waals surface area contributed by atoms with E-state index in [0.717, 1.165) is 4.31 Å². The third kappa shape index (κ3) is 3.82. The lowest BCUT2D eigenvalue weighted by Crippen LogP contribution is -2.40. The lowest BCUT2D eigenvalue weighted by molar-refractivity contribution is 0.0514. The maximum Gasteiger partial charge on any atom is 0.355 e. The van der Waals surface area contributed by atoms with Gasteiger partial charge in [-0.3, -0.25) is 9.78 Å². The van der Waals surface area contributed by atoms with Gasteiger partial charge in [-0.15, -0.1) is 0 Å². The zero-order chi connectivity index (χ0) is 23.8. The fraction of sp³-hybridized carbons (Fsp3) is 0.348. The molecule has 0 aliphatic carbocycles. The van der Waals surface area contributed by atoms with Crippen molar-refractivity contribution in [3.8, 4) is 0 Å². The number of ketones is 1. The summed E-state index contributed by atoms with van der Waals surface area (Å²) in [5.74, 6) is -0.921. The lowest BCUT2D eigenvalue weighted by atomic mass is 10.0. The van der Waals surface area contributed by atoms with Crippen LogP contribution in [0.15, 0.2) is 41.4 Å². The number of nitrogens with zero attached hydrogens (tertiary/aromatic N) is 3. The highest BCUT2D eigenvalue weighted by molar-refractivity contribution is 7.89. The normalized spacial score (nSPS) is 12.8. The van der Waals surface area contributed by atoms with Gasteiger partial charge in [-0.25, -0.2) is 13.2 Å². The molecule has 9 heteroatoms. The number of Topliss-reactive ketones (excluding diaryl/α,β-unsaturated/α-hetero) is 1. The molecule has 0 aliphatic heterocycles. The molecular weight excluding hydrogens is 430 g/mol. The summed E-state index contributed by atoms with van der Waals surface area (Å²) in [5.41, 5.74) is 1.99. The van der Waals surface area contributed by atoms with Crippen molar-refractivity contribution in [2.45, 2.75) is 38.6 Å². The Bertz CT molecular complexity index is 1310. The lowest BCUT2D eigenvalue weighted by Gasteiger charge is -2.24. The first-order valence-corrected chi connectivity index (χ1v) is 11.7. The van der Waals surface area contributed by atoms with Crippen LogP contribution in [0.4, 0.5) is 0 Å². The summed E-state index contributed by atoms with van der Waals surface area (Å²) in [4.78, 5) is 30.1. The van der Waals surface area contributed by atoms with Crippen molar-refractivity contribution in [3.63, 3.8) is 0 Å². The summed E-state index contributed by atoms with van der Waals surface area (Å²) in [6.45, 7) is 6.84. The second kappa shape index (κ2) is 8.84. The third-order valence-corrected chi connectivity index (χ3v) is 7.78. The molecule has 2 heterocycles. The minimum Gasteiger partial charge on any atom is -0.461 e. The van der Waals surface area contributed by atoms with Gasteiger partial charge in [0.05, 0.1) is 18.2 Å². The van der Waals surface area contributed by atoms with Gasteiger partial charge in [0.25, 0.3) is 0 Å². The van der Waals surface area contributed by atoms with Gasteiger partial charge in [-0.1, -0.05) is 18.2 Å². The second-order valence-electron chi connectivity index (χ2n) is 7.61. The Morgan fingerprint density at radius 2 is 1.84 bits per heavy atom. The largest absolute Gasteiger partial charge is 0.461 e. The number of rotatable bonds is 7. The summed E-state index contributed by atoms with van der Waals surface area (Å²) in [7, 11) is -0.967. The molecule has 8 nitrogen and oxygen atoms in total. The van der Waals surface area contributed by atoms with Crippen LogP contribution in [0.5, 0.6) is 0 Å². The molecule has 32 heavy (non-hydrogen) atoms. The van der Waals surface area contributed by atoms with Gasteiger partial charge in [-0.2, -0.15) is 4.31 Å². The highest BCUT2D eigenvalue weighted by Crippen LogP contribution is 2.28. The predicted octanol–water partition coefficient (Wildman–Crippen LogP) is 3.26. The van der Waals surface area contributed by atoms with E-state index in [1.165, 1.54) is 26.2 Å². The molecule has 0 aliphatic rings. The SMILES string of the molecule is CCOC(=O)c1c(C)c(C(=O)C(C)N(C)S(=O)(=O)c2cccc3cccnc23)c(C)n1C. The molecule has 1 aromatic carbocycles. The van der Waals surface area contributed by atoms with Crippen LogP contribution in [0, 0.1) is 13.8 Å². The smallest absolute Gasteiger partial charge is 0.355 e. The maximum atomic E-state index is 13.4. The van der Waals surface area contributed by atoms with Crippen LogP contribution >= 0.6 is 0 Å². The van der Waals surface area contributed by atoms with Crippen LogP contribution in [0.1, 0.15) is 46.0 Å². The van der Waals surface area contributed by atoms with Crippen LogP contribution in [0.2, 0.25) is 0 Å². The zero-order valence-electron chi connectivity index (χ0n) is 19.0. The molecule has 0 fully saturated rings. The van der Waals surface area contributed by atoms with Crippen LogP contribution < -0.4 is 0 Å². The number of esters is 1. The molecule has 0 saturated heterocycles. The molecule has 2 aromatic heterocycles. The summed E-state index contributed by atoms with van der Waals surface area (Å²) in [6.07, 6.45) is 1.53. The number of likely N-dealkylation sites (N-methyl/N-ethyl adjacent to an activating group) is 1. The van der Waals surface area contributed by atoms with E-state index in [2.05, 4.69) is 4.98 Å². The number of ether oxygens (including phenoxy) is 1. The fourth-order valence-electron chi connectivity index (χ4n) is 3.85. The van der Waals surface area contributed by atoms with Crippen molar-refractivity contribution < 1.29 is 22.7 Å². The summed E-state index contributed by atoms with van der Waals surface area (Å²) < 4.78 is 34.6. The van der Waals surface area contributed by atoms with Crippen LogP contribution in [-0.4, -0.2) is 53.7 Å². The van der Waals surface area contributed by atoms with E-state index in [1.807, 2.05) is 0 Å². The molecule has 0 radical (unpaired) electrons. The molecule has 3 aromatic rings. The van der Waals surface area contributed by atoms with Gasteiger partial charge in [0, 0.05) is 36.9 Å². The Balaban J connectivity index is 2.02. The number of carbonyl (C=O) groups is 2. The number of carbonyl (C=O) groups excluding carboxylic acids is 2. The van der Waals surface area contributed by atoms with E-state index in [0.29, 0.717) is 27.7 Å². The molecular formula is C23H27N3O5S. The number of hydrogen-bond donors (Lipinski definition) is 0. The number of hydrogen-bond acceptors (Lipinski definition) is 6. The Morgan fingerprint density at radius 1 is 1.19 bits per heavy atom. The van der Waals surface area contributed by atoms with Crippen molar-refractivity contribution in [1.29, 1.82) is 0 Å². The van der Waals surface area contributed by atoms with E-state index in [4.69, 9.17) is 4.74 Å². The zero-order valence-corrected chi connectivity index (χ0v) is 19.9. The molecule has 0 spiro atoms. The van der Waals surface area contributed by atoms with Gasteiger partial charge in [-0.05, 0) is 45.4 Å². The predicted molar refractivity (Wildman–Crippen MR) is 121 cm³/mol. The molecule has 1 unspecified atom stereocenters. The van der Waals surface area contributed by atoms with Crippen molar-refractivity contribution in [2.24, 2.45) is 7.05 Å². The van der Waals surface area contributed by atoms with E-state index in [-0.39, 0.29) is 17.2 Å². The Kier molecular flexibility index (Phi) is 6.52. The Hall–Kier alpha value is -3.04. The van der Waals surface area contributed by atoms with Gasteiger partial charge < -0.3 is 9.30 Å². The van der Waals surface area contributed by atoms with E-state index in [1.54, 1.807) is 56.7 Å². The molecule has 0 bridgehead atoms. The Morgan fingerprint density at radius 3 is 2.50 bits per heavy atom. The molecule has 3 rings (SSSR count). The number of pyridine rings is 1. The molecule has 1 atom stereocenters. The first kappa shape index (κ1) is 23.6. The second-order valence-corrected chi connectivity index (χ2v) is 9.57.